The number of fused-ring (bicyclic) bond motifs is 7. The molecule has 83 heavy (non-hydrogen) atoms. The average Bonchev–Trinajstić information content (AvgIpc) is 4.13. The number of ketones is 1. The Hall–Kier alpha value is -7.93. The Morgan fingerprint density at radius 3 is 2.19 bits per heavy atom. The second kappa shape index (κ2) is 25.7. The van der Waals surface area contributed by atoms with E-state index in [1.165, 1.54) is 25.1 Å². The Balaban J connectivity index is 0.568. The van der Waals surface area contributed by atoms with Crippen molar-refractivity contribution in [1.29, 1.82) is 0 Å². The van der Waals surface area contributed by atoms with Crippen LogP contribution in [-0.4, -0.2) is 159 Å². The number of hydrogen-bond donors (Lipinski definition) is 4. The summed E-state index contributed by atoms with van der Waals surface area (Å²) in [6.45, 7) is 7.03. The van der Waals surface area contributed by atoms with E-state index < -0.39 is 12.7 Å². The van der Waals surface area contributed by atoms with Crippen LogP contribution in [0.3, 0.4) is 0 Å². The highest BCUT2D eigenvalue weighted by molar-refractivity contribution is 6.27. The fraction of sp³-hybridized carbons (Fsp3) is 0.400. The van der Waals surface area contributed by atoms with E-state index in [9.17, 15) is 22.8 Å². The van der Waals surface area contributed by atoms with Crippen LogP contribution >= 0.6 is 0 Å². The molecular weight excluding hydrogens is 1080 g/mol. The molecule has 0 radical (unpaired) electrons. The van der Waals surface area contributed by atoms with Gasteiger partial charge in [-0.15, -0.1) is 5.12 Å². The van der Waals surface area contributed by atoms with E-state index in [0.717, 1.165) is 60.5 Å². The predicted octanol–water partition coefficient (Wildman–Crippen LogP) is 7.66. The number of piperidine rings is 1. The van der Waals surface area contributed by atoms with Crippen molar-refractivity contribution in [3.63, 3.8) is 0 Å². The molecule has 1 aliphatic carbocycles. The van der Waals surface area contributed by atoms with Gasteiger partial charge in [-0.3, -0.25) is 19.5 Å². The minimum Gasteiger partial charge on any atom is -0.493 e. The highest BCUT2D eigenvalue weighted by Gasteiger charge is 2.36. The number of hydrogen-bond acceptors (Lipinski definition) is 18. The molecule has 438 valence electrons. The first-order chi connectivity index (χ1) is 40.4. The number of alkyl halides is 3. The number of ether oxygens (including phenoxy) is 7. The van der Waals surface area contributed by atoms with Crippen LogP contribution in [0.4, 0.5) is 24.5 Å². The molecule has 3 aromatic heterocycles. The van der Waals surface area contributed by atoms with Crippen molar-refractivity contribution in [1.82, 2.24) is 44.9 Å². The third-order valence-corrected chi connectivity index (χ3v) is 15.3. The largest absolute Gasteiger partial charge is 0.493 e. The molecular formula is C60H68F3N11O9. The number of halogens is 3. The maximum atomic E-state index is 14.2. The van der Waals surface area contributed by atoms with Gasteiger partial charge in [-0.2, -0.15) is 13.2 Å². The normalized spacial score (nSPS) is 15.3. The van der Waals surface area contributed by atoms with E-state index in [2.05, 4.69) is 47.5 Å². The number of hydrazine groups is 2. The Kier molecular flexibility index (Phi) is 17.6. The van der Waals surface area contributed by atoms with Crippen LogP contribution in [0.15, 0.2) is 108 Å². The van der Waals surface area contributed by atoms with Gasteiger partial charge < -0.3 is 63.7 Å². The molecule has 0 amide bonds. The molecule has 4 N–H and O–H groups in total. The first-order valence-electron chi connectivity index (χ1n) is 27.9. The lowest BCUT2D eigenvalue weighted by atomic mass is 10.0. The van der Waals surface area contributed by atoms with Gasteiger partial charge in [-0.25, -0.2) is 9.97 Å². The van der Waals surface area contributed by atoms with Gasteiger partial charge in [0.25, 0.3) is 5.56 Å². The maximum Gasteiger partial charge on any atom is 0.406 e. The van der Waals surface area contributed by atoms with Crippen LogP contribution in [0.25, 0.3) is 44.2 Å². The molecule has 11 rings (SSSR count). The molecule has 1 fully saturated rings. The van der Waals surface area contributed by atoms with Crippen molar-refractivity contribution in [3.8, 4) is 45.5 Å². The summed E-state index contributed by atoms with van der Waals surface area (Å²) >= 11 is 0. The lowest BCUT2D eigenvalue weighted by Crippen LogP contribution is -2.43. The molecule has 7 aromatic rings. The summed E-state index contributed by atoms with van der Waals surface area (Å²) in [5, 5.41) is 16.0. The van der Waals surface area contributed by atoms with E-state index in [-0.39, 0.29) is 24.2 Å². The lowest BCUT2D eigenvalue weighted by molar-refractivity contribution is -0.139. The summed E-state index contributed by atoms with van der Waals surface area (Å²) < 4.78 is 84.9. The zero-order chi connectivity index (χ0) is 57.5. The van der Waals surface area contributed by atoms with Gasteiger partial charge in [0.2, 0.25) is 6.79 Å². The Bertz CT molecular complexity index is 3520. The Morgan fingerprint density at radius 2 is 1.47 bits per heavy atom. The van der Waals surface area contributed by atoms with Crippen LogP contribution in [0, 0.1) is 0 Å². The summed E-state index contributed by atoms with van der Waals surface area (Å²) in [6, 6.07) is 22.0. The van der Waals surface area contributed by atoms with E-state index >= 15 is 0 Å². The van der Waals surface area contributed by atoms with Crippen molar-refractivity contribution in [2.24, 2.45) is 0 Å². The Morgan fingerprint density at radius 1 is 0.771 bits per heavy atom. The molecule has 0 unspecified atom stereocenters. The summed E-state index contributed by atoms with van der Waals surface area (Å²) in [5.74, 6) is 1.66. The summed E-state index contributed by atoms with van der Waals surface area (Å²) in [7, 11) is 5.00. The molecule has 0 saturated carbocycles. The fourth-order valence-corrected chi connectivity index (χ4v) is 11.2. The van der Waals surface area contributed by atoms with Gasteiger partial charge in [0.05, 0.1) is 106 Å². The standard InChI is InChI=1S/C60H68F3N11O9/c1-70-69-43(34-71-17-12-41(13-18-71)68-49-6-4-7-50-48(49)26-51(74(50)36-60(61,62)63)40-10-8-39(9-11-40)31-67-42-32-65-37-66-33-42)35-72(70)19-21-80-23-25-81-24-22-79-20-15-64-14-5-16-73-57-45-28-54-55(83-38-82-54)29-46(45)58(75)56(57)44-27-52(77-2)53(78-3)30-47(44)59(73)76/h4,6-11,26-30,32-33,35,37,41,64,67-69H,5,12-25,31,34,36,38H2,1-3H3. The number of likely N-dealkylation sites (tertiary alicyclic amines) is 1. The molecule has 3 aliphatic heterocycles. The molecule has 1 saturated heterocycles. The number of rotatable bonds is 27. The van der Waals surface area contributed by atoms with Crippen molar-refractivity contribution >= 4 is 38.8 Å². The SMILES string of the molecule is COc1cc2c3c(n(CCCNCCOCCOCCOCCN4C=C(CN5CCC(Nc6cccc7c6cc(-c6ccc(CNc8cncnc8)cc6)n7CC(F)(F)F)CC5)NN4C)c(=O)c2cc1OC)-c1cc2c(cc1C3=O)OCO2. The molecule has 23 heteroatoms. The predicted molar refractivity (Wildman–Crippen MR) is 308 cm³/mol. The molecule has 4 aromatic carbocycles. The fourth-order valence-electron chi connectivity index (χ4n) is 11.2. The van der Waals surface area contributed by atoms with Crippen molar-refractivity contribution in [3.05, 3.63) is 130 Å². The third kappa shape index (κ3) is 13.0. The van der Waals surface area contributed by atoms with E-state index in [1.807, 2.05) is 54.6 Å². The number of carbonyl (C=O) groups excluding carboxylic acids is 1. The smallest absolute Gasteiger partial charge is 0.406 e. The van der Waals surface area contributed by atoms with Gasteiger partial charge in [0.15, 0.2) is 28.8 Å². The third-order valence-electron chi connectivity index (χ3n) is 15.3. The zero-order valence-electron chi connectivity index (χ0n) is 46.7. The summed E-state index contributed by atoms with van der Waals surface area (Å²) in [5.41, 5.74) is 10.7. The number of benzene rings is 4. The molecule has 20 nitrogen and oxygen atoms in total. The van der Waals surface area contributed by atoms with Crippen LogP contribution in [0.2, 0.25) is 0 Å². The second-order valence-electron chi connectivity index (χ2n) is 20.7. The van der Waals surface area contributed by atoms with Crippen LogP contribution in [-0.2, 0) is 33.8 Å². The quantitative estimate of drug-likeness (QED) is 0.0367. The minimum absolute atomic E-state index is 0.0678. The molecule has 0 atom stereocenters. The average molecular weight is 1140 g/mol. The highest BCUT2D eigenvalue weighted by Crippen LogP contribution is 2.47. The number of aromatic nitrogens is 4. The Labute approximate surface area is 477 Å². The summed E-state index contributed by atoms with van der Waals surface area (Å²) in [6.07, 6.45) is 4.93. The first-order valence-corrected chi connectivity index (χ1v) is 27.9. The summed E-state index contributed by atoms with van der Waals surface area (Å²) in [4.78, 5) is 38.6. The molecule has 0 bridgehead atoms. The van der Waals surface area contributed by atoms with Crippen LogP contribution < -0.4 is 45.9 Å². The lowest BCUT2D eigenvalue weighted by Gasteiger charge is -2.33. The van der Waals surface area contributed by atoms with Gasteiger partial charge in [-0.05, 0) is 79.4 Å². The van der Waals surface area contributed by atoms with Gasteiger partial charge >= 0.3 is 6.18 Å². The zero-order valence-corrected chi connectivity index (χ0v) is 46.7. The molecule has 4 aliphatic rings. The number of carbonyl (C=O) groups is 1. The first kappa shape index (κ1) is 56.9. The molecule has 6 heterocycles. The minimum atomic E-state index is -4.40. The van der Waals surface area contributed by atoms with Gasteiger partial charge in [0, 0.05) is 91.8 Å². The number of nitrogens with one attached hydrogen (secondary N) is 4. The number of nitrogens with zero attached hydrogens (tertiary/aromatic N) is 7. The maximum absolute atomic E-state index is 14.2. The van der Waals surface area contributed by atoms with Crippen LogP contribution in [0.1, 0.15) is 40.7 Å². The van der Waals surface area contributed by atoms with E-state index in [1.54, 1.807) is 47.3 Å². The number of methoxy groups -OCH3 is 2. The molecule has 0 spiro atoms. The number of pyridine rings is 1. The van der Waals surface area contributed by atoms with E-state index in [0.29, 0.717) is 152 Å². The monoisotopic (exact) mass is 1140 g/mol. The number of anilines is 2. The van der Waals surface area contributed by atoms with E-state index in [4.69, 9.17) is 33.2 Å². The van der Waals surface area contributed by atoms with Crippen LogP contribution in [0.5, 0.6) is 23.0 Å². The topological polar surface area (TPSA) is 192 Å². The second-order valence-corrected chi connectivity index (χ2v) is 20.7. The van der Waals surface area contributed by atoms with Gasteiger partial charge in [0.1, 0.15) is 12.9 Å². The van der Waals surface area contributed by atoms with Crippen molar-refractivity contribution in [2.45, 2.75) is 51.1 Å². The van der Waals surface area contributed by atoms with Crippen molar-refractivity contribution in [2.75, 3.05) is 118 Å². The van der Waals surface area contributed by atoms with Crippen molar-refractivity contribution < 1.29 is 51.1 Å². The van der Waals surface area contributed by atoms with Gasteiger partial charge in [-0.1, -0.05) is 30.3 Å². The highest BCUT2D eigenvalue weighted by atomic mass is 19.4.